The first-order valence-corrected chi connectivity index (χ1v) is 9.43. The van der Waals surface area contributed by atoms with E-state index in [0.29, 0.717) is 18.2 Å². The molecule has 0 radical (unpaired) electrons. The van der Waals surface area contributed by atoms with Crippen molar-refractivity contribution in [2.24, 2.45) is 5.92 Å². The number of nitrogens with one attached hydrogen (secondary N) is 1. The van der Waals surface area contributed by atoms with Crippen molar-refractivity contribution in [2.75, 3.05) is 32.7 Å². The molecule has 3 unspecified atom stereocenters. The molecule has 3 atom stereocenters. The number of carbonyl (C=O) groups is 1. The van der Waals surface area contributed by atoms with Crippen molar-refractivity contribution in [3.63, 3.8) is 0 Å². The molecule has 3 aliphatic rings. The highest BCUT2D eigenvalue weighted by molar-refractivity contribution is 5.81. The predicted molar refractivity (Wildman–Crippen MR) is 91.4 cm³/mol. The number of nitrogens with zero attached hydrogens (tertiary/aromatic N) is 2. The first-order chi connectivity index (χ1) is 11.0. The first kappa shape index (κ1) is 17.2. The highest BCUT2D eigenvalue weighted by Crippen LogP contribution is 2.23. The molecule has 3 fully saturated rings. The molecular weight excluding hydrogens is 290 g/mol. The van der Waals surface area contributed by atoms with E-state index >= 15 is 0 Å². The SMILES string of the molecule is CC1CN(CC2CCN(C(C)C(=O)NC3CC3)CC2)CC(C)O1. The molecule has 0 bridgehead atoms. The van der Waals surface area contributed by atoms with E-state index in [-0.39, 0.29) is 11.9 Å². The van der Waals surface area contributed by atoms with Crippen LogP contribution in [0.2, 0.25) is 0 Å². The van der Waals surface area contributed by atoms with Crippen LogP contribution >= 0.6 is 0 Å². The zero-order valence-corrected chi connectivity index (χ0v) is 15.0. The second-order valence-corrected chi connectivity index (χ2v) is 7.91. The van der Waals surface area contributed by atoms with Crippen LogP contribution in [0.5, 0.6) is 0 Å². The number of carbonyl (C=O) groups excluding carboxylic acids is 1. The van der Waals surface area contributed by atoms with E-state index in [2.05, 4.69) is 35.9 Å². The smallest absolute Gasteiger partial charge is 0.237 e. The van der Waals surface area contributed by atoms with E-state index in [1.165, 1.54) is 19.4 Å². The molecule has 2 aliphatic heterocycles. The second-order valence-electron chi connectivity index (χ2n) is 7.91. The molecule has 1 N–H and O–H groups in total. The normalized spacial score (nSPS) is 32.7. The van der Waals surface area contributed by atoms with E-state index in [0.717, 1.165) is 44.9 Å². The Bertz CT molecular complexity index is 395. The summed E-state index contributed by atoms with van der Waals surface area (Å²) in [6.07, 6.45) is 5.45. The second kappa shape index (κ2) is 7.49. The van der Waals surface area contributed by atoms with Gasteiger partial charge in [-0.3, -0.25) is 14.6 Å². The number of amides is 1. The molecule has 2 saturated heterocycles. The van der Waals surface area contributed by atoms with Crippen molar-refractivity contribution in [2.45, 2.75) is 70.7 Å². The van der Waals surface area contributed by atoms with Crippen molar-refractivity contribution in [1.29, 1.82) is 0 Å². The van der Waals surface area contributed by atoms with Gasteiger partial charge >= 0.3 is 0 Å². The van der Waals surface area contributed by atoms with E-state index in [1.54, 1.807) is 0 Å². The van der Waals surface area contributed by atoms with Crippen LogP contribution in [0, 0.1) is 5.92 Å². The molecule has 5 heteroatoms. The molecule has 3 rings (SSSR count). The highest BCUT2D eigenvalue weighted by Gasteiger charge is 2.31. The van der Waals surface area contributed by atoms with Gasteiger partial charge in [0.1, 0.15) is 0 Å². The Morgan fingerprint density at radius 3 is 2.30 bits per heavy atom. The Labute approximate surface area is 140 Å². The minimum atomic E-state index is 0.0278. The van der Waals surface area contributed by atoms with Crippen LogP contribution in [0.15, 0.2) is 0 Å². The van der Waals surface area contributed by atoms with Crippen LogP contribution < -0.4 is 5.32 Å². The van der Waals surface area contributed by atoms with Crippen LogP contribution in [0.1, 0.15) is 46.5 Å². The summed E-state index contributed by atoms with van der Waals surface area (Å²) in [6, 6.07) is 0.493. The van der Waals surface area contributed by atoms with Crippen molar-refractivity contribution < 1.29 is 9.53 Å². The lowest BCUT2D eigenvalue weighted by Gasteiger charge is -2.40. The van der Waals surface area contributed by atoms with Gasteiger partial charge in [-0.15, -0.1) is 0 Å². The quantitative estimate of drug-likeness (QED) is 0.832. The number of ether oxygens (including phenoxy) is 1. The third-order valence-electron chi connectivity index (χ3n) is 5.51. The Kier molecular flexibility index (Phi) is 5.60. The fraction of sp³-hybridized carbons (Fsp3) is 0.944. The van der Waals surface area contributed by atoms with Crippen molar-refractivity contribution in [3.05, 3.63) is 0 Å². The summed E-state index contributed by atoms with van der Waals surface area (Å²) in [5.74, 6) is 0.990. The van der Waals surface area contributed by atoms with Crippen LogP contribution in [0.3, 0.4) is 0 Å². The molecule has 0 aromatic carbocycles. The number of morpholine rings is 1. The van der Waals surface area contributed by atoms with Crippen LogP contribution in [0.4, 0.5) is 0 Å². The molecular formula is C18H33N3O2. The van der Waals surface area contributed by atoms with E-state index < -0.39 is 0 Å². The summed E-state index contributed by atoms with van der Waals surface area (Å²) in [5, 5.41) is 3.13. The monoisotopic (exact) mass is 323 g/mol. The van der Waals surface area contributed by atoms with Gasteiger partial charge in [-0.25, -0.2) is 0 Å². The van der Waals surface area contributed by atoms with E-state index in [1.807, 2.05) is 0 Å². The summed E-state index contributed by atoms with van der Waals surface area (Å²) in [7, 11) is 0. The fourth-order valence-corrected chi connectivity index (χ4v) is 4.04. The number of hydrogen-bond acceptors (Lipinski definition) is 4. The Morgan fingerprint density at radius 1 is 1.13 bits per heavy atom. The van der Waals surface area contributed by atoms with Crippen molar-refractivity contribution in [3.8, 4) is 0 Å². The lowest BCUT2D eigenvalue weighted by atomic mass is 9.94. The lowest BCUT2D eigenvalue weighted by Crippen LogP contribution is -2.51. The number of hydrogen-bond donors (Lipinski definition) is 1. The average Bonchev–Trinajstić information content (AvgIpc) is 3.30. The average molecular weight is 323 g/mol. The number of rotatable bonds is 5. The maximum absolute atomic E-state index is 12.2. The standard InChI is InChI=1S/C18H33N3O2/c1-13-10-20(11-14(2)23-13)12-16-6-8-21(9-7-16)15(3)18(22)19-17-4-5-17/h13-17H,4-12H2,1-3H3,(H,19,22). The summed E-state index contributed by atoms with van der Waals surface area (Å²) in [6.45, 7) is 11.8. The zero-order chi connectivity index (χ0) is 16.4. The maximum Gasteiger partial charge on any atom is 0.237 e. The van der Waals surface area contributed by atoms with Gasteiger partial charge in [0.05, 0.1) is 18.2 Å². The predicted octanol–water partition coefficient (Wildman–Crippen LogP) is 1.47. The Morgan fingerprint density at radius 2 is 1.74 bits per heavy atom. The third kappa shape index (κ3) is 4.91. The molecule has 5 nitrogen and oxygen atoms in total. The van der Waals surface area contributed by atoms with Crippen LogP contribution in [-0.4, -0.2) is 72.7 Å². The fourth-order valence-electron chi connectivity index (χ4n) is 4.04. The topological polar surface area (TPSA) is 44.8 Å². The molecule has 0 spiro atoms. The van der Waals surface area contributed by atoms with E-state index in [9.17, 15) is 4.79 Å². The zero-order valence-electron chi connectivity index (χ0n) is 15.0. The Balaban J connectivity index is 1.40. The molecule has 0 aromatic heterocycles. The van der Waals surface area contributed by atoms with Gasteiger partial charge in [-0.05, 0) is 65.5 Å². The number of likely N-dealkylation sites (tertiary alicyclic amines) is 1. The van der Waals surface area contributed by atoms with Crippen LogP contribution in [0.25, 0.3) is 0 Å². The van der Waals surface area contributed by atoms with Crippen molar-refractivity contribution in [1.82, 2.24) is 15.1 Å². The van der Waals surface area contributed by atoms with Gasteiger partial charge in [0, 0.05) is 25.7 Å². The maximum atomic E-state index is 12.2. The summed E-state index contributed by atoms with van der Waals surface area (Å²) < 4.78 is 5.82. The van der Waals surface area contributed by atoms with Crippen LogP contribution in [-0.2, 0) is 9.53 Å². The Hall–Kier alpha value is -0.650. The van der Waals surface area contributed by atoms with Gasteiger partial charge in [0.2, 0.25) is 5.91 Å². The van der Waals surface area contributed by atoms with Crippen molar-refractivity contribution >= 4 is 5.91 Å². The minimum absolute atomic E-state index is 0.0278. The summed E-state index contributed by atoms with van der Waals surface area (Å²) >= 11 is 0. The molecule has 23 heavy (non-hydrogen) atoms. The number of piperidine rings is 1. The largest absolute Gasteiger partial charge is 0.373 e. The van der Waals surface area contributed by atoms with Gasteiger partial charge in [0.15, 0.2) is 0 Å². The molecule has 1 saturated carbocycles. The lowest BCUT2D eigenvalue weighted by molar-refractivity contribution is -0.126. The van der Waals surface area contributed by atoms with Gasteiger partial charge in [-0.2, -0.15) is 0 Å². The van der Waals surface area contributed by atoms with Gasteiger partial charge in [0.25, 0.3) is 0 Å². The van der Waals surface area contributed by atoms with Gasteiger partial charge in [-0.1, -0.05) is 0 Å². The summed E-state index contributed by atoms with van der Waals surface area (Å²) in [4.78, 5) is 17.1. The molecule has 1 amide bonds. The molecule has 2 heterocycles. The highest BCUT2D eigenvalue weighted by atomic mass is 16.5. The molecule has 0 aromatic rings. The summed E-state index contributed by atoms with van der Waals surface area (Å²) in [5.41, 5.74) is 0. The molecule has 132 valence electrons. The minimum Gasteiger partial charge on any atom is -0.373 e. The van der Waals surface area contributed by atoms with Gasteiger partial charge < -0.3 is 10.1 Å². The third-order valence-corrected chi connectivity index (χ3v) is 5.51. The van der Waals surface area contributed by atoms with E-state index in [4.69, 9.17) is 4.74 Å². The first-order valence-electron chi connectivity index (χ1n) is 9.43. The molecule has 1 aliphatic carbocycles.